The summed E-state index contributed by atoms with van der Waals surface area (Å²) in [6, 6.07) is 15.7. The third kappa shape index (κ3) is 5.10. The lowest BCUT2D eigenvalue weighted by molar-refractivity contribution is -0.138. The molecule has 2 aromatic carbocycles. The number of rotatable bonds is 7. The SMILES string of the molecule is CN(C)C(=O)[C@H](OC(=O)c1ccc(OC[C@H]2CCCO2)cc1)c1ccccc1. The summed E-state index contributed by atoms with van der Waals surface area (Å²) >= 11 is 0. The number of hydrogen-bond acceptors (Lipinski definition) is 5. The van der Waals surface area contributed by atoms with Gasteiger partial charge in [0.2, 0.25) is 6.10 Å². The average Bonchev–Trinajstić information content (AvgIpc) is 3.24. The fraction of sp³-hybridized carbons (Fsp3) is 0.364. The third-order valence-corrected chi connectivity index (χ3v) is 4.54. The van der Waals surface area contributed by atoms with Crippen LogP contribution in [0.1, 0.15) is 34.9 Å². The summed E-state index contributed by atoms with van der Waals surface area (Å²) in [5.41, 5.74) is 0.989. The first kappa shape index (κ1) is 19.9. The standard InChI is InChI=1S/C22H25NO5/c1-23(2)21(24)20(16-7-4-3-5-8-16)28-22(25)17-10-12-18(13-11-17)27-15-19-9-6-14-26-19/h3-5,7-8,10-13,19-20H,6,9,14-15H2,1-2H3/t19-,20-/m1/s1. The molecule has 0 spiro atoms. The maximum atomic E-state index is 12.6. The van der Waals surface area contributed by atoms with E-state index in [1.165, 1.54) is 4.90 Å². The number of carbonyl (C=O) groups is 2. The second-order valence-electron chi connectivity index (χ2n) is 6.90. The highest BCUT2D eigenvalue weighted by Gasteiger charge is 2.27. The zero-order valence-corrected chi connectivity index (χ0v) is 16.2. The molecule has 0 N–H and O–H groups in total. The number of carbonyl (C=O) groups excluding carboxylic acids is 2. The van der Waals surface area contributed by atoms with Crippen LogP contribution in [-0.2, 0) is 14.3 Å². The molecule has 3 rings (SSSR count). The second-order valence-corrected chi connectivity index (χ2v) is 6.90. The first-order valence-electron chi connectivity index (χ1n) is 9.36. The topological polar surface area (TPSA) is 65.1 Å². The zero-order valence-electron chi connectivity index (χ0n) is 16.2. The smallest absolute Gasteiger partial charge is 0.339 e. The molecule has 6 nitrogen and oxygen atoms in total. The molecule has 2 atom stereocenters. The van der Waals surface area contributed by atoms with Gasteiger partial charge in [0.25, 0.3) is 5.91 Å². The Bertz CT molecular complexity index is 782. The maximum Gasteiger partial charge on any atom is 0.339 e. The Morgan fingerprint density at radius 3 is 2.43 bits per heavy atom. The predicted molar refractivity (Wildman–Crippen MR) is 104 cm³/mol. The summed E-state index contributed by atoms with van der Waals surface area (Å²) in [4.78, 5) is 26.5. The third-order valence-electron chi connectivity index (χ3n) is 4.54. The molecule has 148 valence electrons. The monoisotopic (exact) mass is 383 g/mol. The fourth-order valence-corrected chi connectivity index (χ4v) is 2.95. The van der Waals surface area contributed by atoms with Crippen molar-refractivity contribution in [1.82, 2.24) is 4.90 Å². The Kier molecular flexibility index (Phi) is 6.66. The molecule has 0 radical (unpaired) electrons. The predicted octanol–water partition coefficient (Wildman–Crippen LogP) is 3.23. The summed E-state index contributed by atoms with van der Waals surface area (Å²) in [5, 5.41) is 0. The van der Waals surface area contributed by atoms with Crippen LogP contribution in [0.3, 0.4) is 0 Å². The first-order valence-corrected chi connectivity index (χ1v) is 9.36. The van der Waals surface area contributed by atoms with Gasteiger partial charge in [-0.25, -0.2) is 4.79 Å². The Hall–Kier alpha value is -2.86. The largest absolute Gasteiger partial charge is 0.491 e. The van der Waals surface area contributed by atoms with Crippen LogP contribution in [-0.4, -0.2) is 50.2 Å². The number of hydrogen-bond donors (Lipinski definition) is 0. The van der Waals surface area contributed by atoms with Crippen molar-refractivity contribution in [2.75, 3.05) is 27.3 Å². The van der Waals surface area contributed by atoms with E-state index in [1.807, 2.05) is 6.07 Å². The molecule has 28 heavy (non-hydrogen) atoms. The van der Waals surface area contributed by atoms with Gasteiger partial charge in [0.15, 0.2) is 0 Å². The summed E-state index contributed by atoms with van der Waals surface area (Å²) in [5.74, 6) is -0.193. The van der Waals surface area contributed by atoms with E-state index in [4.69, 9.17) is 14.2 Å². The van der Waals surface area contributed by atoms with E-state index >= 15 is 0 Å². The molecule has 1 fully saturated rings. The van der Waals surface area contributed by atoms with Gasteiger partial charge in [-0.3, -0.25) is 4.79 Å². The van der Waals surface area contributed by atoms with Crippen LogP contribution in [0.15, 0.2) is 54.6 Å². The minimum absolute atomic E-state index is 0.133. The summed E-state index contributed by atoms with van der Waals surface area (Å²) in [7, 11) is 3.26. The number of esters is 1. The van der Waals surface area contributed by atoms with Gasteiger partial charge in [0, 0.05) is 26.3 Å². The molecular weight excluding hydrogens is 358 g/mol. The summed E-state index contributed by atoms with van der Waals surface area (Å²) in [6.45, 7) is 1.28. The lowest BCUT2D eigenvalue weighted by Gasteiger charge is -2.21. The Labute approximate surface area is 165 Å². The van der Waals surface area contributed by atoms with Gasteiger partial charge in [-0.15, -0.1) is 0 Å². The van der Waals surface area contributed by atoms with Gasteiger partial charge in [0.1, 0.15) is 12.4 Å². The van der Waals surface area contributed by atoms with Crippen molar-refractivity contribution in [3.8, 4) is 5.75 Å². The van der Waals surface area contributed by atoms with Gasteiger partial charge in [0.05, 0.1) is 11.7 Å². The van der Waals surface area contributed by atoms with E-state index in [-0.39, 0.29) is 12.0 Å². The van der Waals surface area contributed by atoms with Crippen molar-refractivity contribution < 1.29 is 23.8 Å². The van der Waals surface area contributed by atoms with Crippen molar-refractivity contribution in [3.05, 3.63) is 65.7 Å². The molecule has 0 aromatic heterocycles. The van der Waals surface area contributed by atoms with Gasteiger partial charge in [-0.2, -0.15) is 0 Å². The lowest BCUT2D eigenvalue weighted by atomic mass is 10.1. The van der Waals surface area contributed by atoms with E-state index in [9.17, 15) is 9.59 Å². The normalized spacial score (nSPS) is 17.0. The van der Waals surface area contributed by atoms with Gasteiger partial charge >= 0.3 is 5.97 Å². The molecule has 1 aliphatic rings. The minimum Gasteiger partial charge on any atom is -0.491 e. The van der Waals surface area contributed by atoms with E-state index in [2.05, 4.69) is 0 Å². The molecule has 0 bridgehead atoms. The lowest BCUT2D eigenvalue weighted by Crippen LogP contribution is -2.31. The van der Waals surface area contributed by atoms with Gasteiger partial charge in [-0.1, -0.05) is 30.3 Å². The minimum atomic E-state index is -0.987. The van der Waals surface area contributed by atoms with Crippen LogP contribution in [0.5, 0.6) is 5.75 Å². The zero-order chi connectivity index (χ0) is 19.9. The van der Waals surface area contributed by atoms with Crippen LogP contribution in [0.25, 0.3) is 0 Å². The van der Waals surface area contributed by atoms with E-state index < -0.39 is 12.1 Å². The quantitative estimate of drug-likeness (QED) is 0.687. The number of benzene rings is 2. The van der Waals surface area contributed by atoms with Crippen LogP contribution in [0.2, 0.25) is 0 Å². The molecule has 0 saturated carbocycles. The van der Waals surface area contributed by atoms with Crippen molar-refractivity contribution in [1.29, 1.82) is 0 Å². The number of nitrogens with zero attached hydrogens (tertiary/aromatic N) is 1. The van der Waals surface area contributed by atoms with Crippen molar-refractivity contribution in [2.24, 2.45) is 0 Å². The Morgan fingerprint density at radius 2 is 1.82 bits per heavy atom. The van der Waals surface area contributed by atoms with E-state index in [1.54, 1.807) is 62.6 Å². The molecule has 1 amide bonds. The van der Waals surface area contributed by atoms with Gasteiger partial charge < -0.3 is 19.1 Å². The van der Waals surface area contributed by atoms with Crippen LogP contribution < -0.4 is 4.74 Å². The molecular formula is C22H25NO5. The van der Waals surface area contributed by atoms with Crippen LogP contribution in [0.4, 0.5) is 0 Å². The number of likely N-dealkylation sites (N-methyl/N-ethyl adjacent to an activating group) is 1. The Balaban J connectivity index is 1.65. The molecule has 2 aromatic rings. The summed E-state index contributed by atoms with van der Waals surface area (Å²) < 4.78 is 16.8. The number of ether oxygens (including phenoxy) is 3. The highest BCUT2D eigenvalue weighted by molar-refractivity contribution is 5.92. The van der Waals surface area contributed by atoms with E-state index in [0.29, 0.717) is 23.5 Å². The van der Waals surface area contributed by atoms with Crippen molar-refractivity contribution in [3.63, 3.8) is 0 Å². The molecule has 6 heteroatoms. The first-order chi connectivity index (χ1) is 13.5. The van der Waals surface area contributed by atoms with E-state index in [0.717, 1.165) is 19.4 Å². The van der Waals surface area contributed by atoms with Gasteiger partial charge in [-0.05, 0) is 37.1 Å². The van der Waals surface area contributed by atoms with Crippen LogP contribution >= 0.6 is 0 Å². The molecule has 1 heterocycles. The maximum absolute atomic E-state index is 12.6. The molecule has 0 aliphatic carbocycles. The van der Waals surface area contributed by atoms with Crippen LogP contribution in [0, 0.1) is 0 Å². The fourth-order valence-electron chi connectivity index (χ4n) is 2.95. The van der Waals surface area contributed by atoms with Crippen molar-refractivity contribution >= 4 is 11.9 Å². The molecule has 1 aliphatic heterocycles. The highest BCUT2D eigenvalue weighted by atomic mass is 16.5. The molecule has 0 unspecified atom stereocenters. The second kappa shape index (κ2) is 9.37. The summed E-state index contributed by atoms with van der Waals surface area (Å²) in [6.07, 6.45) is 1.21. The van der Waals surface area contributed by atoms with Crippen molar-refractivity contribution in [2.45, 2.75) is 25.0 Å². The Morgan fingerprint density at radius 1 is 1.11 bits per heavy atom. The molecule has 1 saturated heterocycles. The highest BCUT2D eigenvalue weighted by Crippen LogP contribution is 2.22. The average molecular weight is 383 g/mol. The number of amides is 1.